The van der Waals surface area contributed by atoms with Crippen LogP contribution in [0.3, 0.4) is 0 Å². The van der Waals surface area contributed by atoms with Gasteiger partial charge in [0.15, 0.2) is 0 Å². The number of alkyl halides is 1. The number of nitrogens with one attached hydrogen (secondary N) is 1. The van der Waals surface area contributed by atoms with Crippen LogP contribution in [0.25, 0.3) is 0 Å². The van der Waals surface area contributed by atoms with Crippen molar-refractivity contribution < 1.29 is 13.2 Å². The fourth-order valence-electron chi connectivity index (χ4n) is 1.74. The summed E-state index contributed by atoms with van der Waals surface area (Å²) in [6, 6.07) is 5.44. The van der Waals surface area contributed by atoms with Crippen LogP contribution in [0.4, 0.5) is 5.69 Å². The molecule has 2 rings (SSSR count). The molecule has 0 fully saturated rings. The number of rotatable bonds is 3. The second-order valence-electron chi connectivity index (χ2n) is 3.97. The molecule has 1 aromatic rings. The zero-order chi connectivity index (χ0) is 12.5. The lowest BCUT2D eigenvalue weighted by atomic mass is 10.2. The van der Waals surface area contributed by atoms with Crippen molar-refractivity contribution >= 4 is 27.3 Å². The van der Waals surface area contributed by atoms with Crippen LogP contribution in [-0.2, 0) is 10.0 Å². The standard InChI is InChI=1S/C11H14ClNO3S/c1-8-4-2-5-9-11(8)13-17(14,15)10(16-9)6-3-7-12/h2,4-5,10,13H,3,6-7H2,1H3. The minimum Gasteiger partial charge on any atom is -0.470 e. The Hall–Kier alpha value is -0.940. The minimum absolute atomic E-state index is 0.395. The normalized spacial score (nSPS) is 21.2. The Kier molecular flexibility index (Phi) is 3.49. The molecule has 1 aliphatic heterocycles. The lowest BCUT2D eigenvalue weighted by Gasteiger charge is -2.28. The summed E-state index contributed by atoms with van der Waals surface area (Å²) in [4.78, 5) is 0. The molecule has 94 valence electrons. The van der Waals surface area contributed by atoms with Crippen molar-refractivity contribution in [3.8, 4) is 5.75 Å². The molecule has 0 aliphatic carbocycles. The van der Waals surface area contributed by atoms with Gasteiger partial charge in [-0.2, -0.15) is 0 Å². The largest absolute Gasteiger partial charge is 0.470 e. The third-order valence-electron chi connectivity index (χ3n) is 2.66. The van der Waals surface area contributed by atoms with Gasteiger partial charge in [0, 0.05) is 12.3 Å². The number of ether oxygens (including phenoxy) is 1. The Balaban J connectivity index is 2.32. The van der Waals surface area contributed by atoms with E-state index in [4.69, 9.17) is 16.3 Å². The SMILES string of the molecule is Cc1cccc2c1NS(=O)(=O)C(CCCCl)O2. The Bertz CT molecular complexity index is 515. The number of halogens is 1. The maximum atomic E-state index is 11.9. The van der Waals surface area contributed by atoms with Gasteiger partial charge in [0.25, 0.3) is 10.0 Å². The Labute approximate surface area is 106 Å². The van der Waals surface area contributed by atoms with Crippen molar-refractivity contribution in [3.05, 3.63) is 23.8 Å². The minimum atomic E-state index is -3.46. The zero-order valence-corrected chi connectivity index (χ0v) is 11.0. The van der Waals surface area contributed by atoms with Crippen molar-refractivity contribution in [2.75, 3.05) is 10.6 Å². The highest BCUT2D eigenvalue weighted by molar-refractivity contribution is 7.93. The monoisotopic (exact) mass is 275 g/mol. The van der Waals surface area contributed by atoms with E-state index in [0.717, 1.165) is 5.56 Å². The van der Waals surface area contributed by atoms with Gasteiger partial charge >= 0.3 is 0 Å². The number of aryl methyl sites for hydroxylation is 1. The summed E-state index contributed by atoms with van der Waals surface area (Å²) < 4.78 is 31.9. The van der Waals surface area contributed by atoms with Crippen molar-refractivity contribution in [1.82, 2.24) is 0 Å². The van der Waals surface area contributed by atoms with E-state index >= 15 is 0 Å². The Morgan fingerprint density at radius 3 is 2.94 bits per heavy atom. The van der Waals surface area contributed by atoms with Crippen LogP contribution in [0.2, 0.25) is 0 Å². The summed E-state index contributed by atoms with van der Waals surface area (Å²) in [6.07, 6.45) is 1.00. The maximum absolute atomic E-state index is 11.9. The van der Waals surface area contributed by atoms with Crippen LogP contribution in [-0.4, -0.2) is 19.7 Å². The van der Waals surface area contributed by atoms with Crippen LogP contribution in [0.5, 0.6) is 5.75 Å². The highest BCUT2D eigenvalue weighted by Crippen LogP contribution is 2.35. The molecule has 17 heavy (non-hydrogen) atoms. The van der Waals surface area contributed by atoms with Crippen molar-refractivity contribution in [2.45, 2.75) is 25.2 Å². The fraction of sp³-hybridized carbons (Fsp3) is 0.455. The number of benzene rings is 1. The number of sulfonamides is 1. The van der Waals surface area contributed by atoms with E-state index in [-0.39, 0.29) is 0 Å². The van der Waals surface area contributed by atoms with E-state index in [9.17, 15) is 8.42 Å². The molecule has 1 atom stereocenters. The molecular formula is C11H14ClNO3S. The Morgan fingerprint density at radius 1 is 1.47 bits per heavy atom. The molecule has 1 N–H and O–H groups in total. The highest BCUT2D eigenvalue weighted by Gasteiger charge is 2.33. The topological polar surface area (TPSA) is 55.4 Å². The first-order valence-electron chi connectivity index (χ1n) is 5.38. The number of hydrogen-bond acceptors (Lipinski definition) is 3. The van der Waals surface area contributed by atoms with E-state index in [0.29, 0.717) is 30.2 Å². The maximum Gasteiger partial charge on any atom is 0.271 e. The van der Waals surface area contributed by atoms with Gasteiger partial charge in [-0.15, -0.1) is 11.6 Å². The first-order valence-corrected chi connectivity index (χ1v) is 7.46. The molecule has 0 radical (unpaired) electrons. The van der Waals surface area contributed by atoms with Crippen molar-refractivity contribution in [2.24, 2.45) is 0 Å². The molecule has 0 saturated heterocycles. The second-order valence-corrected chi connectivity index (χ2v) is 6.17. The van der Waals surface area contributed by atoms with E-state index in [1.54, 1.807) is 6.07 Å². The predicted octanol–water partition coefficient (Wildman–Crippen LogP) is 2.47. The summed E-state index contributed by atoms with van der Waals surface area (Å²) in [5.74, 6) is 1.01. The number of fused-ring (bicyclic) bond motifs is 1. The van der Waals surface area contributed by atoms with Gasteiger partial charge in [-0.25, -0.2) is 8.42 Å². The van der Waals surface area contributed by atoms with Gasteiger partial charge in [-0.05, 0) is 25.0 Å². The average Bonchev–Trinajstić information content (AvgIpc) is 2.27. The van der Waals surface area contributed by atoms with Gasteiger partial charge in [0.1, 0.15) is 5.75 Å². The number of anilines is 1. The van der Waals surface area contributed by atoms with E-state index in [1.807, 2.05) is 19.1 Å². The molecule has 0 saturated carbocycles. The molecule has 1 heterocycles. The first kappa shape index (κ1) is 12.5. The first-order chi connectivity index (χ1) is 8.04. The van der Waals surface area contributed by atoms with Gasteiger partial charge in [0.2, 0.25) is 5.44 Å². The van der Waals surface area contributed by atoms with E-state index < -0.39 is 15.5 Å². The van der Waals surface area contributed by atoms with Gasteiger partial charge in [0.05, 0.1) is 5.69 Å². The van der Waals surface area contributed by atoms with Crippen LogP contribution in [0.15, 0.2) is 18.2 Å². The number of para-hydroxylation sites is 1. The summed E-state index contributed by atoms with van der Waals surface area (Å²) in [7, 11) is -3.46. The lowest BCUT2D eigenvalue weighted by Crippen LogP contribution is -2.37. The van der Waals surface area contributed by atoms with Crippen molar-refractivity contribution in [3.63, 3.8) is 0 Å². The van der Waals surface area contributed by atoms with Crippen molar-refractivity contribution in [1.29, 1.82) is 0 Å². The predicted molar refractivity (Wildman–Crippen MR) is 68.1 cm³/mol. The van der Waals surface area contributed by atoms with Gasteiger partial charge in [-0.3, -0.25) is 4.72 Å². The molecule has 0 spiro atoms. The number of hydrogen-bond donors (Lipinski definition) is 1. The van der Waals surface area contributed by atoms with Crippen LogP contribution in [0, 0.1) is 6.92 Å². The molecule has 0 bridgehead atoms. The van der Waals surface area contributed by atoms with Crippen LogP contribution < -0.4 is 9.46 Å². The molecule has 1 unspecified atom stereocenters. The van der Waals surface area contributed by atoms with E-state index in [2.05, 4.69) is 4.72 Å². The summed E-state index contributed by atoms with van der Waals surface area (Å²) in [5, 5.41) is 0. The van der Waals surface area contributed by atoms with Gasteiger partial charge in [-0.1, -0.05) is 12.1 Å². The summed E-state index contributed by atoms with van der Waals surface area (Å²) in [5.41, 5.74) is 0.534. The quantitative estimate of drug-likeness (QED) is 0.862. The smallest absolute Gasteiger partial charge is 0.271 e. The molecule has 4 nitrogen and oxygen atoms in total. The van der Waals surface area contributed by atoms with E-state index in [1.165, 1.54) is 0 Å². The lowest BCUT2D eigenvalue weighted by molar-refractivity contribution is 0.259. The second kappa shape index (κ2) is 4.74. The van der Waals surface area contributed by atoms with Crippen LogP contribution in [0.1, 0.15) is 18.4 Å². The fourth-order valence-corrected chi connectivity index (χ4v) is 3.28. The molecule has 1 aromatic carbocycles. The molecular weight excluding hydrogens is 262 g/mol. The molecule has 0 aromatic heterocycles. The zero-order valence-electron chi connectivity index (χ0n) is 9.44. The highest BCUT2D eigenvalue weighted by atomic mass is 35.5. The molecule has 0 amide bonds. The molecule has 1 aliphatic rings. The average molecular weight is 276 g/mol. The third-order valence-corrected chi connectivity index (χ3v) is 4.44. The summed E-state index contributed by atoms with van der Waals surface area (Å²) >= 11 is 5.57. The van der Waals surface area contributed by atoms with Crippen LogP contribution >= 0.6 is 11.6 Å². The summed E-state index contributed by atoms with van der Waals surface area (Å²) in [6.45, 7) is 1.84. The third kappa shape index (κ3) is 2.50. The Morgan fingerprint density at radius 2 is 2.24 bits per heavy atom. The molecule has 6 heteroatoms. The van der Waals surface area contributed by atoms with Gasteiger partial charge < -0.3 is 4.74 Å².